The van der Waals surface area contributed by atoms with E-state index in [4.69, 9.17) is 81.7 Å². The minimum Gasteiger partial charge on any atom is -0.426 e. The largest absolute Gasteiger partial charge is 0.426 e. The SMILES string of the molecule is CCCCC1CCC(C(=O)Oc2ccc(S)c(Cl)c2)CC1.CCCCC1CCC(C(=O)Oc2ccc(S)c(Cl)c2)CC1.CCCCC1CCC(C(=O)Oc2ccc(S)c(Cl)c2)CC1.CCCCC1CCC(C(=O)Oc2ccc(S)c(Cl)c2)CC1.CCCCC1CCC(C(=O)Oc2ccc(S)c(Cl)c2)CC1.F.F.F.F.F. The number of unbranched alkanes of at least 4 members (excludes halogenated alkanes) is 5. The molecular weight excluding hydrogens is 1610 g/mol. The fourth-order valence-electron chi connectivity index (χ4n) is 14.7. The van der Waals surface area contributed by atoms with Crippen LogP contribution in [0.1, 0.15) is 259 Å². The Balaban J connectivity index is 0.000000680. The van der Waals surface area contributed by atoms with Gasteiger partial charge in [-0.1, -0.05) is 189 Å². The van der Waals surface area contributed by atoms with Crippen molar-refractivity contribution in [3.63, 3.8) is 0 Å². The van der Waals surface area contributed by atoms with Gasteiger partial charge in [0.2, 0.25) is 0 Å². The molecule has 620 valence electrons. The lowest BCUT2D eigenvalue weighted by Gasteiger charge is -2.27. The standard InChI is InChI=1S/5C17H23ClO2S.5FH/c5*1-2-3-4-12-5-7-13(8-6-12)17(19)20-14-9-10-16(21)15(18)11-14;;;;;/h5*9-13,21H,2-8H2,1H3;5*1H. The fourth-order valence-corrected chi connectivity index (χ4v) is 16.2. The zero-order valence-corrected chi connectivity index (χ0v) is 72.7. The maximum Gasteiger partial charge on any atom is 0.314 e. The van der Waals surface area contributed by atoms with Crippen LogP contribution in [0, 0.1) is 59.2 Å². The first-order valence-corrected chi connectivity index (χ1v) is 43.1. The maximum absolute atomic E-state index is 12.2. The van der Waals surface area contributed by atoms with Crippen molar-refractivity contribution in [2.45, 2.75) is 284 Å². The van der Waals surface area contributed by atoms with Gasteiger partial charge in [-0.2, -0.15) is 0 Å². The Morgan fingerprint density at radius 2 is 0.400 bits per heavy atom. The van der Waals surface area contributed by atoms with Crippen molar-refractivity contribution in [1.29, 1.82) is 0 Å². The first kappa shape index (κ1) is 104. The van der Waals surface area contributed by atoms with Gasteiger partial charge in [0, 0.05) is 54.8 Å². The number of hydrogen-bond donors (Lipinski definition) is 5. The number of rotatable bonds is 25. The van der Waals surface area contributed by atoms with Gasteiger partial charge in [0.15, 0.2) is 0 Å². The van der Waals surface area contributed by atoms with Crippen molar-refractivity contribution in [3.05, 3.63) is 116 Å². The topological polar surface area (TPSA) is 132 Å². The zero-order valence-electron chi connectivity index (χ0n) is 64.4. The number of hydrogen-bond acceptors (Lipinski definition) is 15. The molecule has 0 aromatic heterocycles. The van der Waals surface area contributed by atoms with Gasteiger partial charge in [0.1, 0.15) is 28.7 Å². The normalized spacial score (nSPS) is 21.0. The van der Waals surface area contributed by atoms with Gasteiger partial charge in [0.05, 0.1) is 54.7 Å². The number of thiol groups is 5. The van der Waals surface area contributed by atoms with Gasteiger partial charge >= 0.3 is 29.8 Å². The summed E-state index contributed by atoms with van der Waals surface area (Å²) in [5, 5.41) is 2.53. The Labute approximate surface area is 704 Å². The third kappa shape index (κ3) is 37.9. The summed E-state index contributed by atoms with van der Waals surface area (Å²) in [5.41, 5.74) is 0. The first-order valence-electron chi connectivity index (χ1n) is 39.0. The highest BCUT2D eigenvalue weighted by molar-refractivity contribution is 7.81. The van der Waals surface area contributed by atoms with Crippen LogP contribution in [0.4, 0.5) is 23.5 Å². The monoisotopic (exact) mass is 1730 g/mol. The van der Waals surface area contributed by atoms with Crippen LogP contribution in [0.2, 0.25) is 25.1 Å². The van der Waals surface area contributed by atoms with Crippen LogP contribution in [0.15, 0.2) is 115 Å². The van der Waals surface area contributed by atoms with Crippen LogP contribution >= 0.6 is 121 Å². The zero-order chi connectivity index (χ0) is 76.2. The molecule has 25 heteroatoms. The van der Waals surface area contributed by atoms with Crippen molar-refractivity contribution < 1.29 is 71.2 Å². The van der Waals surface area contributed by atoms with Crippen molar-refractivity contribution in [1.82, 2.24) is 0 Å². The minimum absolute atomic E-state index is 0. The summed E-state index contributed by atoms with van der Waals surface area (Å²) in [7, 11) is 0. The Hall–Kier alpha value is -3.70. The van der Waals surface area contributed by atoms with Gasteiger partial charge in [-0.25, -0.2) is 0 Å². The predicted octanol–water partition coefficient (Wildman–Crippen LogP) is 28.4. The second-order valence-corrected chi connectivity index (χ2v) is 33.9. The highest BCUT2D eigenvalue weighted by atomic mass is 35.5. The highest BCUT2D eigenvalue weighted by Crippen LogP contribution is 2.40. The lowest BCUT2D eigenvalue weighted by molar-refractivity contribution is -0.141. The van der Waals surface area contributed by atoms with Crippen LogP contribution in [0.3, 0.4) is 0 Å². The van der Waals surface area contributed by atoms with Crippen molar-refractivity contribution in [2.75, 3.05) is 0 Å². The molecule has 5 aliphatic rings. The highest BCUT2D eigenvalue weighted by Gasteiger charge is 2.33. The Morgan fingerprint density at radius 1 is 0.264 bits per heavy atom. The molecule has 5 aromatic rings. The van der Waals surface area contributed by atoms with Crippen molar-refractivity contribution in [2.24, 2.45) is 59.2 Å². The van der Waals surface area contributed by atoms with E-state index in [2.05, 4.69) is 97.8 Å². The summed E-state index contributed by atoms with van der Waals surface area (Å²) < 4.78 is 27.2. The molecule has 5 aromatic carbocycles. The molecule has 0 spiro atoms. The van der Waals surface area contributed by atoms with Gasteiger partial charge in [-0.15, -0.1) is 63.1 Å². The van der Waals surface area contributed by atoms with Crippen LogP contribution in [0.5, 0.6) is 28.7 Å². The van der Waals surface area contributed by atoms with E-state index in [0.29, 0.717) is 78.3 Å². The molecule has 0 amide bonds. The molecule has 0 radical (unpaired) electrons. The van der Waals surface area contributed by atoms with Crippen LogP contribution in [-0.4, -0.2) is 29.8 Å². The van der Waals surface area contributed by atoms with Gasteiger partial charge in [-0.05, 0) is 219 Å². The van der Waals surface area contributed by atoms with E-state index in [1.54, 1.807) is 91.0 Å². The molecule has 10 rings (SSSR count). The summed E-state index contributed by atoms with van der Waals surface area (Å²) in [6.45, 7) is 11.1. The number of carbonyl (C=O) groups is 5. The number of benzene rings is 5. The van der Waals surface area contributed by atoms with E-state index in [1.165, 1.54) is 96.3 Å². The smallest absolute Gasteiger partial charge is 0.314 e. The average Bonchev–Trinajstić information content (AvgIpc) is 0.874. The summed E-state index contributed by atoms with van der Waals surface area (Å²) in [4.78, 5) is 64.4. The number of esters is 5. The second-order valence-electron chi connectivity index (χ2n) is 29.5. The third-order valence-electron chi connectivity index (χ3n) is 21.4. The van der Waals surface area contributed by atoms with Gasteiger partial charge in [-0.3, -0.25) is 47.5 Å². The fraction of sp³-hybridized carbons (Fsp3) is 0.588. The number of halogens is 10. The molecule has 5 aliphatic carbocycles. The Kier molecular flexibility index (Phi) is 54.4. The molecule has 0 atom stereocenters. The van der Waals surface area contributed by atoms with Crippen molar-refractivity contribution in [3.8, 4) is 28.7 Å². The van der Waals surface area contributed by atoms with Crippen LogP contribution in [-0.2, 0) is 24.0 Å². The van der Waals surface area contributed by atoms with Crippen molar-refractivity contribution >= 4 is 151 Å². The summed E-state index contributed by atoms with van der Waals surface area (Å²) in [5.74, 6) is 6.14. The molecule has 0 unspecified atom stereocenters. The van der Waals surface area contributed by atoms with Crippen LogP contribution < -0.4 is 23.7 Å². The quantitative estimate of drug-likeness (QED) is 0.0167. The molecule has 10 nitrogen and oxygen atoms in total. The molecular formula is C85H120Cl5F5O10S5. The average molecular weight is 1730 g/mol. The molecule has 0 aliphatic heterocycles. The first-order chi connectivity index (χ1) is 50.5. The van der Waals surface area contributed by atoms with Crippen LogP contribution in [0.25, 0.3) is 0 Å². The lowest BCUT2D eigenvalue weighted by Crippen LogP contribution is -2.25. The summed E-state index contributed by atoms with van der Waals surface area (Å²) in [6.07, 6.45) is 40.3. The van der Waals surface area contributed by atoms with E-state index in [0.717, 1.165) is 158 Å². The molecule has 0 saturated heterocycles. The number of ether oxygens (including phenoxy) is 5. The third-order valence-corrected chi connectivity index (χ3v) is 25.6. The molecule has 0 heterocycles. The van der Waals surface area contributed by atoms with E-state index in [1.807, 2.05) is 0 Å². The molecule has 5 saturated carbocycles. The second kappa shape index (κ2) is 57.4. The molecule has 0 bridgehead atoms. The van der Waals surface area contributed by atoms with Gasteiger partial charge in [0.25, 0.3) is 0 Å². The van der Waals surface area contributed by atoms with E-state index < -0.39 is 0 Å². The minimum atomic E-state index is -0.119. The van der Waals surface area contributed by atoms with E-state index in [9.17, 15) is 24.0 Å². The van der Waals surface area contributed by atoms with E-state index in [-0.39, 0.29) is 83.0 Å². The number of carbonyl (C=O) groups excluding carboxylic acids is 5. The van der Waals surface area contributed by atoms with E-state index >= 15 is 0 Å². The van der Waals surface area contributed by atoms with Gasteiger partial charge < -0.3 is 23.7 Å². The predicted molar refractivity (Wildman–Crippen MR) is 459 cm³/mol. The summed E-state index contributed by atoms with van der Waals surface area (Å²) in [6, 6.07) is 25.6. The molecule has 5 fully saturated rings. The molecule has 110 heavy (non-hydrogen) atoms. The lowest BCUT2D eigenvalue weighted by atomic mass is 9.80. The molecule has 0 N–H and O–H groups in total. The maximum atomic E-state index is 12.2. The Bertz CT molecular complexity index is 2960. The Morgan fingerprint density at radius 3 is 0.518 bits per heavy atom. The summed E-state index contributed by atoms with van der Waals surface area (Å²) >= 11 is 50.9.